The Morgan fingerprint density at radius 3 is 2.86 bits per heavy atom. The lowest BCUT2D eigenvalue weighted by molar-refractivity contribution is 0.245. The van der Waals surface area contributed by atoms with Gasteiger partial charge in [-0.15, -0.1) is 0 Å². The van der Waals surface area contributed by atoms with Gasteiger partial charge in [0.1, 0.15) is 11.5 Å². The SMILES string of the molecule is Cc1ccc(C(C)NC2CCOc3ccccc32)c(O)c1. The van der Waals surface area contributed by atoms with E-state index in [0.717, 1.165) is 29.9 Å². The van der Waals surface area contributed by atoms with Crippen molar-refractivity contribution in [1.82, 2.24) is 5.32 Å². The Kier molecular flexibility index (Phi) is 3.84. The molecule has 2 aromatic rings. The Balaban J connectivity index is 1.81. The van der Waals surface area contributed by atoms with E-state index in [1.807, 2.05) is 43.3 Å². The van der Waals surface area contributed by atoms with Gasteiger partial charge in [-0.1, -0.05) is 30.3 Å². The largest absolute Gasteiger partial charge is 0.508 e. The molecule has 21 heavy (non-hydrogen) atoms. The summed E-state index contributed by atoms with van der Waals surface area (Å²) in [5.74, 6) is 1.32. The van der Waals surface area contributed by atoms with Gasteiger partial charge in [0.25, 0.3) is 0 Å². The zero-order valence-electron chi connectivity index (χ0n) is 12.5. The second kappa shape index (κ2) is 5.78. The van der Waals surface area contributed by atoms with Gasteiger partial charge in [0.05, 0.1) is 6.61 Å². The Labute approximate surface area is 125 Å². The first kappa shape index (κ1) is 14.0. The first-order chi connectivity index (χ1) is 10.1. The highest BCUT2D eigenvalue weighted by Gasteiger charge is 2.23. The molecular weight excluding hydrogens is 262 g/mol. The van der Waals surface area contributed by atoms with E-state index in [4.69, 9.17) is 4.74 Å². The molecule has 0 bridgehead atoms. The Morgan fingerprint density at radius 1 is 1.24 bits per heavy atom. The van der Waals surface area contributed by atoms with Crippen LogP contribution in [-0.4, -0.2) is 11.7 Å². The van der Waals surface area contributed by atoms with E-state index in [1.165, 1.54) is 5.56 Å². The smallest absolute Gasteiger partial charge is 0.124 e. The summed E-state index contributed by atoms with van der Waals surface area (Å²) >= 11 is 0. The Bertz CT molecular complexity index is 639. The summed E-state index contributed by atoms with van der Waals surface area (Å²) in [5.41, 5.74) is 3.20. The summed E-state index contributed by atoms with van der Waals surface area (Å²) in [7, 11) is 0. The van der Waals surface area contributed by atoms with Crippen LogP contribution in [-0.2, 0) is 0 Å². The van der Waals surface area contributed by atoms with Crippen molar-refractivity contribution in [2.24, 2.45) is 0 Å². The maximum atomic E-state index is 10.1. The molecule has 0 aliphatic carbocycles. The lowest BCUT2D eigenvalue weighted by Gasteiger charge is -2.29. The summed E-state index contributed by atoms with van der Waals surface area (Å²) in [6.45, 7) is 4.79. The summed E-state index contributed by atoms with van der Waals surface area (Å²) in [6, 6.07) is 14.3. The third kappa shape index (κ3) is 2.88. The van der Waals surface area contributed by atoms with E-state index >= 15 is 0 Å². The maximum Gasteiger partial charge on any atom is 0.124 e. The molecule has 0 amide bonds. The number of para-hydroxylation sites is 1. The number of nitrogens with one attached hydrogen (secondary N) is 1. The highest BCUT2D eigenvalue weighted by Crippen LogP contribution is 2.34. The zero-order valence-corrected chi connectivity index (χ0v) is 12.5. The van der Waals surface area contributed by atoms with E-state index in [2.05, 4.69) is 18.3 Å². The standard InChI is InChI=1S/C18H21NO2/c1-12-7-8-14(17(20)11-12)13(2)19-16-9-10-21-18-6-4-3-5-15(16)18/h3-8,11,13,16,19-20H,9-10H2,1-2H3. The molecule has 0 fully saturated rings. The minimum absolute atomic E-state index is 0.0850. The van der Waals surface area contributed by atoms with Crippen LogP contribution in [0.1, 0.15) is 42.1 Å². The number of rotatable bonds is 3. The number of aromatic hydroxyl groups is 1. The zero-order chi connectivity index (χ0) is 14.8. The summed E-state index contributed by atoms with van der Waals surface area (Å²) < 4.78 is 5.69. The van der Waals surface area contributed by atoms with Crippen molar-refractivity contribution < 1.29 is 9.84 Å². The maximum absolute atomic E-state index is 10.1. The van der Waals surface area contributed by atoms with Crippen LogP contribution >= 0.6 is 0 Å². The molecule has 0 radical (unpaired) electrons. The van der Waals surface area contributed by atoms with Crippen molar-refractivity contribution in [3.63, 3.8) is 0 Å². The van der Waals surface area contributed by atoms with Crippen molar-refractivity contribution in [1.29, 1.82) is 0 Å². The van der Waals surface area contributed by atoms with Crippen LogP contribution in [0.4, 0.5) is 0 Å². The normalized spacial score (nSPS) is 18.7. The van der Waals surface area contributed by atoms with Gasteiger partial charge in [0, 0.05) is 29.6 Å². The van der Waals surface area contributed by atoms with Gasteiger partial charge < -0.3 is 15.2 Å². The van der Waals surface area contributed by atoms with Crippen molar-refractivity contribution in [2.45, 2.75) is 32.4 Å². The fraction of sp³-hybridized carbons (Fsp3) is 0.333. The quantitative estimate of drug-likeness (QED) is 0.898. The van der Waals surface area contributed by atoms with Crippen LogP contribution in [0, 0.1) is 6.92 Å². The molecule has 2 N–H and O–H groups in total. The fourth-order valence-electron chi connectivity index (χ4n) is 2.93. The van der Waals surface area contributed by atoms with Crippen LogP contribution in [0.15, 0.2) is 42.5 Å². The van der Waals surface area contributed by atoms with E-state index in [0.29, 0.717) is 5.75 Å². The summed E-state index contributed by atoms with van der Waals surface area (Å²) in [5, 5.41) is 13.7. The molecule has 3 heteroatoms. The molecule has 1 aliphatic heterocycles. The molecule has 3 rings (SSSR count). The average molecular weight is 283 g/mol. The molecule has 1 aliphatic rings. The summed E-state index contributed by atoms with van der Waals surface area (Å²) in [4.78, 5) is 0. The number of benzene rings is 2. The first-order valence-electron chi connectivity index (χ1n) is 7.42. The number of phenolic OH excluding ortho intramolecular Hbond substituents is 1. The second-order valence-electron chi connectivity index (χ2n) is 5.68. The first-order valence-corrected chi connectivity index (χ1v) is 7.42. The van der Waals surface area contributed by atoms with E-state index in [-0.39, 0.29) is 12.1 Å². The molecule has 110 valence electrons. The highest BCUT2D eigenvalue weighted by atomic mass is 16.5. The number of hydrogen-bond donors (Lipinski definition) is 2. The average Bonchev–Trinajstić information content (AvgIpc) is 2.47. The number of hydrogen-bond acceptors (Lipinski definition) is 3. The van der Waals surface area contributed by atoms with E-state index in [9.17, 15) is 5.11 Å². The Morgan fingerprint density at radius 2 is 2.05 bits per heavy atom. The van der Waals surface area contributed by atoms with Gasteiger partial charge >= 0.3 is 0 Å². The molecule has 0 aromatic heterocycles. The Hall–Kier alpha value is -2.00. The van der Waals surface area contributed by atoms with Gasteiger partial charge in [0.2, 0.25) is 0 Å². The number of aryl methyl sites for hydroxylation is 1. The number of fused-ring (bicyclic) bond motifs is 1. The van der Waals surface area contributed by atoms with Gasteiger partial charge in [-0.2, -0.15) is 0 Å². The highest BCUT2D eigenvalue weighted by molar-refractivity contribution is 5.40. The second-order valence-corrected chi connectivity index (χ2v) is 5.68. The number of phenols is 1. The molecule has 3 nitrogen and oxygen atoms in total. The van der Waals surface area contributed by atoms with Gasteiger partial charge in [0.15, 0.2) is 0 Å². The fourth-order valence-corrected chi connectivity index (χ4v) is 2.93. The molecular formula is C18H21NO2. The van der Waals surface area contributed by atoms with Crippen molar-refractivity contribution in [2.75, 3.05) is 6.61 Å². The molecule has 2 aromatic carbocycles. The van der Waals surface area contributed by atoms with Gasteiger partial charge in [-0.25, -0.2) is 0 Å². The van der Waals surface area contributed by atoms with Crippen molar-refractivity contribution >= 4 is 0 Å². The van der Waals surface area contributed by atoms with Crippen molar-refractivity contribution in [3.05, 3.63) is 59.2 Å². The van der Waals surface area contributed by atoms with E-state index < -0.39 is 0 Å². The predicted molar refractivity (Wildman–Crippen MR) is 83.7 cm³/mol. The third-order valence-electron chi connectivity index (χ3n) is 4.06. The van der Waals surface area contributed by atoms with Crippen LogP contribution in [0.3, 0.4) is 0 Å². The predicted octanol–water partition coefficient (Wildman–Crippen LogP) is 3.88. The molecule has 0 saturated carbocycles. The molecule has 0 spiro atoms. The van der Waals surface area contributed by atoms with E-state index in [1.54, 1.807) is 0 Å². The molecule has 2 atom stereocenters. The van der Waals surface area contributed by atoms with Crippen LogP contribution < -0.4 is 10.1 Å². The van der Waals surface area contributed by atoms with Crippen LogP contribution in [0.2, 0.25) is 0 Å². The minimum Gasteiger partial charge on any atom is -0.508 e. The van der Waals surface area contributed by atoms with Crippen LogP contribution in [0.5, 0.6) is 11.5 Å². The lowest BCUT2D eigenvalue weighted by atomic mass is 9.97. The van der Waals surface area contributed by atoms with Crippen LogP contribution in [0.25, 0.3) is 0 Å². The summed E-state index contributed by atoms with van der Waals surface area (Å²) in [6.07, 6.45) is 0.938. The minimum atomic E-state index is 0.0850. The molecule has 2 unspecified atom stereocenters. The van der Waals surface area contributed by atoms with Gasteiger partial charge in [-0.05, 0) is 31.5 Å². The monoisotopic (exact) mass is 283 g/mol. The topological polar surface area (TPSA) is 41.5 Å². The third-order valence-corrected chi connectivity index (χ3v) is 4.06. The number of ether oxygens (including phenoxy) is 1. The molecule has 1 heterocycles. The van der Waals surface area contributed by atoms with Gasteiger partial charge in [-0.3, -0.25) is 0 Å². The lowest BCUT2D eigenvalue weighted by Crippen LogP contribution is -2.29. The molecule has 0 saturated heterocycles. The van der Waals surface area contributed by atoms with Crippen molar-refractivity contribution in [3.8, 4) is 11.5 Å².